The second-order valence-corrected chi connectivity index (χ2v) is 12.5. The molecule has 3 heterocycles. The zero-order chi connectivity index (χ0) is 33.1. The van der Waals surface area contributed by atoms with E-state index in [-0.39, 0.29) is 13.2 Å². The Hall–Kier alpha value is -1.71. The van der Waals surface area contributed by atoms with Gasteiger partial charge in [-0.1, -0.05) is 58.2 Å². The minimum atomic E-state index is -1.23. The number of benzene rings is 1. The van der Waals surface area contributed by atoms with Crippen LogP contribution in [0.15, 0.2) is 30.3 Å². The van der Waals surface area contributed by atoms with Crippen molar-refractivity contribution in [1.29, 1.82) is 0 Å². The molecule has 46 heavy (non-hydrogen) atoms. The average molecular weight is 655 g/mol. The summed E-state index contributed by atoms with van der Waals surface area (Å²) >= 11 is 0. The largest absolute Gasteiger partial charge is 0.459 e. The number of hydrogen-bond acceptors (Lipinski definition) is 12. The predicted molar refractivity (Wildman–Crippen MR) is 166 cm³/mol. The summed E-state index contributed by atoms with van der Waals surface area (Å²) in [5.41, 5.74) is 0.422. The van der Waals surface area contributed by atoms with Gasteiger partial charge >= 0.3 is 5.97 Å². The lowest BCUT2D eigenvalue weighted by atomic mass is 9.97. The Morgan fingerprint density at radius 2 is 1.46 bits per heavy atom. The van der Waals surface area contributed by atoms with E-state index in [0.717, 1.165) is 38.5 Å². The molecule has 0 bridgehead atoms. The van der Waals surface area contributed by atoms with Crippen molar-refractivity contribution < 1.29 is 57.6 Å². The predicted octanol–water partition coefficient (Wildman–Crippen LogP) is 3.74. The molecule has 0 aliphatic carbocycles. The monoisotopic (exact) mass is 654 g/mol. The van der Waals surface area contributed by atoms with E-state index in [0.29, 0.717) is 25.4 Å². The number of unbranched alkanes of at least 4 members (excludes halogenated alkanes) is 3. The van der Waals surface area contributed by atoms with Gasteiger partial charge in [-0.05, 0) is 45.2 Å². The fourth-order valence-corrected chi connectivity index (χ4v) is 5.74. The molecule has 0 spiro atoms. The minimum Gasteiger partial charge on any atom is -0.459 e. The van der Waals surface area contributed by atoms with E-state index in [1.807, 2.05) is 6.07 Å². The summed E-state index contributed by atoms with van der Waals surface area (Å²) in [7, 11) is 0. The molecule has 12 heteroatoms. The maximum Gasteiger partial charge on any atom is 0.338 e. The zero-order valence-corrected chi connectivity index (χ0v) is 27.9. The number of aliphatic hydroxyl groups excluding tert-OH is 2. The fraction of sp³-hybridized carbons (Fsp3) is 0.794. The van der Waals surface area contributed by atoms with Crippen LogP contribution in [-0.2, 0) is 42.6 Å². The molecule has 3 fully saturated rings. The molecule has 1 aromatic carbocycles. The van der Waals surface area contributed by atoms with E-state index in [1.54, 1.807) is 38.1 Å². The van der Waals surface area contributed by atoms with Gasteiger partial charge in [0.25, 0.3) is 0 Å². The van der Waals surface area contributed by atoms with Crippen LogP contribution in [0.1, 0.15) is 83.5 Å². The normalized spacial score (nSPS) is 32.7. The molecule has 1 aromatic rings. The van der Waals surface area contributed by atoms with Crippen molar-refractivity contribution >= 4 is 5.97 Å². The molecule has 0 amide bonds. The second kappa shape index (κ2) is 18.2. The number of esters is 1. The third-order valence-electron chi connectivity index (χ3n) is 8.27. The molecular weight excluding hydrogens is 600 g/mol. The van der Waals surface area contributed by atoms with E-state index in [1.165, 1.54) is 0 Å². The highest BCUT2D eigenvalue weighted by Crippen LogP contribution is 2.38. The summed E-state index contributed by atoms with van der Waals surface area (Å²) in [5.74, 6) is -1.39. The first-order valence-corrected chi connectivity index (χ1v) is 16.9. The van der Waals surface area contributed by atoms with Crippen LogP contribution in [0.25, 0.3) is 0 Å². The molecule has 0 aromatic heterocycles. The van der Waals surface area contributed by atoms with Crippen molar-refractivity contribution in [3.8, 4) is 0 Å². The van der Waals surface area contributed by atoms with Gasteiger partial charge in [-0.25, -0.2) is 4.79 Å². The standard InChI is InChI=1S/C34H54O12/c1-6-9-17-38-27-24(21-41-31(37)22-15-13-12-14-16-22)43-32(30(40-19-11-8-3)29(27)39-18-10-7-2)42-20-23(35)26-25(36)28-33(44-26)46-34(4,5)45-28/h12-16,23-30,32-33,35-36H,6-11,17-21H2,1-5H3/t23?,24?,25-,26+,27+,28-,29-,30?,32-,33+/m0/s1. The molecule has 12 nitrogen and oxygen atoms in total. The van der Waals surface area contributed by atoms with Gasteiger partial charge in [0.15, 0.2) is 18.4 Å². The molecule has 0 saturated carbocycles. The Bertz CT molecular complexity index is 1020. The number of ether oxygens (including phenoxy) is 9. The zero-order valence-electron chi connectivity index (χ0n) is 27.9. The van der Waals surface area contributed by atoms with Gasteiger partial charge in [-0.15, -0.1) is 0 Å². The maximum absolute atomic E-state index is 12.9. The smallest absolute Gasteiger partial charge is 0.338 e. The van der Waals surface area contributed by atoms with Crippen molar-refractivity contribution in [2.24, 2.45) is 0 Å². The molecule has 3 aliphatic rings. The summed E-state index contributed by atoms with van der Waals surface area (Å²) in [6.45, 7) is 10.7. The van der Waals surface area contributed by atoms with Gasteiger partial charge < -0.3 is 52.8 Å². The van der Waals surface area contributed by atoms with Crippen molar-refractivity contribution in [3.63, 3.8) is 0 Å². The summed E-state index contributed by atoms with van der Waals surface area (Å²) in [6, 6.07) is 8.74. The first-order chi connectivity index (χ1) is 22.2. The van der Waals surface area contributed by atoms with Crippen LogP contribution in [0.2, 0.25) is 0 Å². The molecule has 0 radical (unpaired) electrons. The quantitative estimate of drug-likeness (QED) is 0.166. The first-order valence-electron chi connectivity index (χ1n) is 16.9. The lowest BCUT2D eigenvalue weighted by molar-refractivity contribution is -0.327. The van der Waals surface area contributed by atoms with E-state index in [4.69, 9.17) is 42.6 Å². The number of aliphatic hydroxyl groups is 2. The Balaban J connectivity index is 1.52. The molecule has 10 atom stereocenters. The highest BCUT2D eigenvalue weighted by molar-refractivity contribution is 5.89. The second-order valence-electron chi connectivity index (χ2n) is 12.5. The van der Waals surface area contributed by atoms with Crippen molar-refractivity contribution in [3.05, 3.63) is 35.9 Å². The topological polar surface area (TPSA) is 141 Å². The fourth-order valence-electron chi connectivity index (χ4n) is 5.74. The summed E-state index contributed by atoms with van der Waals surface area (Å²) < 4.78 is 54.9. The Morgan fingerprint density at radius 3 is 2.07 bits per heavy atom. The molecular formula is C34H54O12. The molecule has 3 aliphatic heterocycles. The number of carbonyl (C=O) groups is 1. The van der Waals surface area contributed by atoms with Crippen LogP contribution in [0.3, 0.4) is 0 Å². The van der Waals surface area contributed by atoms with Gasteiger partial charge in [-0.3, -0.25) is 0 Å². The average Bonchev–Trinajstić information content (AvgIpc) is 3.52. The van der Waals surface area contributed by atoms with E-state index in [9.17, 15) is 15.0 Å². The van der Waals surface area contributed by atoms with Gasteiger partial charge in [-0.2, -0.15) is 0 Å². The van der Waals surface area contributed by atoms with Crippen LogP contribution in [0.4, 0.5) is 0 Å². The Morgan fingerprint density at radius 1 is 0.848 bits per heavy atom. The summed E-state index contributed by atoms with van der Waals surface area (Å²) in [5, 5.41) is 22.0. The number of fused-ring (bicyclic) bond motifs is 1. The van der Waals surface area contributed by atoms with Crippen LogP contribution in [0.5, 0.6) is 0 Å². The number of rotatable bonds is 19. The summed E-state index contributed by atoms with van der Waals surface area (Å²) in [4.78, 5) is 12.9. The first kappa shape index (κ1) is 37.1. The molecule has 3 saturated heterocycles. The number of carbonyl (C=O) groups excluding carboxylic acids is 1. The molecule has 2 N–H and O–H groups in total. The molecule has 4 rings (SSSR count). The maximum atomic E-state index is 12.9. The minimum absolute atomic E-state index is 0.111. The van der Waals surface area contributed by atoms with Crippen molar-refractivity contribution in [1.82, 2.24) is 0 Å². The highest BCUT2D eigenvalue weighted by Gasteiger charge is 2.56. The van der Waals surface area contributed by atoms with Crippen LogP contribution in [-0.4, -0.2) is 116 Å². The third-order valence-corrected chi connectivity index (χ3v) is 8.27. The molecule has 262 valence electrons. The Labute approximate surface area is 272 Å². The van der Waals surface area contributed by atoms with Crippen molar-refractivity contribution in [2.45, 2.75) is 140 Å². The third kappa shape index (κ3) is 9.91. The van der Waals surface area contributed by atoms with Crippen LogP contribution in [0, 0.1) is 0 Å². The Kier molecular flexibility index (Phi) is 14.7. The van der Waals surface area contributed by atoms with E-state index in [2.05, 4.69) is 20.8 Å². The van der Waals surface area contributed by atoms with E-state index >= 15 is 0 Å². The van der Waals surface area contributed by atoms with Gasteiger partial charge in [0.05, 0.1) is 12.2 Å². The summed E-state index contributed by atoms with van der Waals surface area (Å²) in [6.07, 6.45) is -3.29. The van der Waals surface area contributed by atoms with Gasteiger partial charge in [0, 0.05) is 19.8 Å². The van der Waals surface area contributed by atoms with E-state index < -0.39 is 73.2 Å². The van der Waals surface area contributed by atoms with Crippen LogP contribution < -0.4 is 0 Å². The van der Waals surface area contributed by atoms with Crippen molar-refractivity contribution in [2.75, 3.05) is 33.0 Å². The highest BCUT2D eigenvalue weighted by atomic mass is 16.8. The molecule has 3 unspecified atom stereocenters. The number of hydrogen-bond donors (Lipinski definition) is 2. The van der Waals surface area contributed by atoms with Gasteiger partial charge in [0.2, 0.25) is 0 Å². The van der Waals surface area contributed by atoms with Gasteiger partial charge in [0.1, 0.15) is 55.4 Å². The SMILES string of the molecule is CCCCOC1[C@@H](OCC(O)[C@H]2O[C@@H]3OC(C)(C)O[C@H]3[C@H]2O)OC(COC(=O)c2ccccc2)[C@@H](OCCCC)[C@@H]1OCCCC. The lowest BCUT2D eigenvalue weighted by Crippen LogP contribution is -2.62. The lowest BCUT2D eigenvalue weighted by Gasteiger charge is -2.46. The van der Waals surface area contributed by atoms with Crippen LogP contribution >= 0.6 is 0 Å².